The first-order valence-electron chi connectivity index (χ1n) is 12.9. The van der Waals surface area contributed by atoms with E-state index in [-0.39, 0.29) is 18.4 Å². The number of cyclic esters (lactones) is 1. The summed E-state index contributed by atoms with van der Waals surface area (Å²) in [7, 11) is 0. The zero-order chi connectivity index (χ0) is 26.6. The van der Waals surface area contributed by atoms with Crippen molar-refractivity contribution < 1.29 is 23.5 Å². The van der Waals surface area contributed by atoms with Crippen LogP contribution in [0.1, 0.15) is 52.4 Å². The van der Waals surface area contributed by atoms with E-state index in [2.05, 4.69) is 5.32 Å². The lowest BCUT2D eigenvalue weighted by atomic mass is 9.98. The van der Waals surface area contributed by atoms with E-state index >= 15 is 0 Å². The van der Waals surface area contributed by atoms with Crippen LogP contribution in [0.25, 0.3) is 0 Å². The van der Waals surface area contributed by atoms with Crippen molar-refractivity contribution in [1.29, 1.82) is 0 Å². The fourth-order valence-corrected chi connectivity index (χ4v) is 4.95. The fraction of sp³-hybridized carbons (Fsp3) is 0.300. The monoisotopic (exact) mass is 515 g/mol. The average Bonchev–Trinajstić information content (AvgIpc) is 3.26. The van der Waals surface area contributed by atoms with Crippen LogP contribution >= 0.6 is 0 Å². The Morgan fingerprint density at radius 3 is 2.24 bits per heavy atom. The van der Waals surface area contributed by atoms with Gasteiger partial charge >= 0.3 is 6.09 Å². The van der Waals surface area contributed by atoms with Gasteiger partial charge in [-0.15, -0.1) is 0 Å². The summed E-state index contributed by atoms with van der Waals surface area (Å²) in [5.74, 6) is -0.893. The van der Waals surface area contributed by atoms with Crippen molar-refractivity contribution in [1.82, 2.24) is 9.80 Å². The van der Waals surface area contributed by atoms with E-state index in [1.165, 1.54) is 29.2 Å². The molecule has 3 amide bonds. The van der Waals surface area contributed by atoms with Gasteiger partial charge in [-0.2, -0.15) is 0 Å². The van der Waals surface area contributed by atoms with Crippen LogP contribution in [0.5, 0.6) is 0 Å². The Hall–Kier alpha value is -4.20. The topological polar surface area (TPSA) is 79.0 Å². The zero-order valence-corrected chi connectivity index (χ0v) is 21.2. The number of rotatable bonds is 6. The second-order valence-electron chi connectivity index (χ2n) is 9.83. The van der Waals surface area contributed by atoms with E-state index in [0.29, 0.717) is 29.9 Å². The predicted molar refractivity (Wildman–Crippen MR) is 141 cm³/mol. The largest absolute Gasteiger partial charge is 0.438 e. The van der Waals surface area contributed by atoms with Gasteiger partial charge in [0.15, 0.2) is 12.1 Å². The lowest BCUT2D eigenvalue weighted by Crippen LogP contribution is -2.49. The number of carbonyl (C=O) groups excluding carboxylic acids is 3. The summed E-state index contributed by atoms with van der Waals surface area (Å²) in [6.45, 7) is 3.61. The molecule has 0 bridgehead atoms. The minimum atomic E-state index is -0.790. The lowest BCUT2D eigenvalue weighted by Gasteiger charge is -2.33. The van der Waals surface area contributed by atoms with Gasteiger partial charge in [-0.25, -0.2) is 9.18 Å². The normalized spacial score (nSPS) is 19.3. The van der Waals surface area contributed by atoms with Gasteiger partial charge in [0, 0.05) is 24.3 Å². The molecule has 2 heterocycles. The molecule has 0 aromatic heterocycles. The molecule has 2 aliphatic rings. The van der Waals surface area contributed by atoms with Crippen molar-refractivity contribution in [2.75, 3.05) is 18.4 Å². The highest BCUT2D eigenvalue weighted by atomic mass is 19.1. The summed E-state index contributed by atoms with van der Waals surface area (Å²) in [5, 5.41) is 2.78. The number of carbonyl (C=O) groups is 3. The maximum absolute atomic E-state index is 13.7. The van der Waals surface area contributed by atoms with Gasteiger partial charge in [0.25, 0.3) is 5.91 Å². The third-order valence-corrected chi connectivity index (χ3v) is 7.08. The van der Waals surface area contributed by atoms with E-state index in [4.69, 9.17) is 4.74 Å². The second kappa shape index (κ2) is 11.0. The summed E-state index contributed by atoms with van der Waals surface area (Å²) < 4.78 is 19.0. The van der Waals surface area contributed by atoms with Gasteiger partial charge in [0.2, 0.25) is 5.91 Å². The maximum Gasteiger partial charge on any atom is 0.411 e. The third kappa shape index (κ3) is 5.54. The molecule has 3 aromatic carbocycles. The second-order valence-corrected chi connectivity index (χ2v) is 9.83. The number of halogens is 1. The predicted octanol–water partition coefficient (Wildman–Crippen LogP) is 5.46. The quantitative estimate of drug-likeness (QED) is 0.473. The van der Waals surface area contributed by atoms with Crippen molar-refractivity contribution >= 4 is 23.6 Å². The molecule has 0 saturated carbocycles. The molecule has 196 valence electrons. The molecule has 2 aliphatic heterocycles. The number of hydrogen-bond donors (Lipinski definition) is 1. The molecule has 2 unspecified atom stereocenters. The highest BCUT2D eigenvalue weighted by molar-refractivity contribution is 6.04. The Balaban J connectivity index is 1.37. The molecule has 7 nitrogen and oxygen atoms in total. The number of aryl methyl sites for hydroxylation is 1. The van der Waals surface area contributed by atoms with Crippen LogP contribution in [-0.4, -0.2) is 46.8 Å². The first kappa shape index (κ1) is 25.4. The molecular formula is C30H30FN3O4. The van der Waals surface area contributed by atoms with E-state index in [1.54, 1.807) is 24.3 Å². The molecule has 2 fully saturated rings. The molecule has 0 aliphatic carbocycles. The SMILES string of the molecule is Cc1ccc(CN2C(=O)OC(c3ccc(NC(=O)c4ccc(F)cc4)cc3)C2C(=O)N2CCCCC2)cc1. The first-order valence-corrected chi connectivity index (χ1v) is 12.9. The molecule has 1 N–H and O–H groups in total. The van der Waals surface area contributed by atoms with Gasteiger partial charge in [0.05, 0.1) is 6.54 Å². The van der Waals surface area contributed by atoms with E-state index in [9.17, 15) is 18.8 Å². The van der Waals surface area contributed by atoms with Crippen molar-refractivity contribution in [2.24, 2.45) is 0 Å². The summed E-state index contributed by atoms with van der Waals surface area (Å²) in [6.07, 6.45) is 1.67. The third-order valence-electron chi connectivity index (χ3n) is 7.08. The molecule has 3 aromatic rings. The first-order chi connectivity index (χ1) is 18.4. The number of likely N-dealkylation sites (tertiary alicyclic amines) is 1. The number of piperidine rings is 1. The highest BCUT2D eigenvalue weighted by Crippen LogP contribution is 2.36. The highest BCUT2D eigenvalue weighted by Gasteiger charge is 2.48. The Morgan fingerprint density at radius 2 is 1.58 bits per heavy atom. The van der Waals surface area contributed by atoms with E-state index in [1.807, 2.05) is 36.1 Å². The number of anilines is 1. The maximum atomic E-state index is 13.7. The van der Waals surface area contributed by atoms with Crippen LogP contribution in [-0.2, 0) is 16.1 Å². The summed E-state index contributed by atoms with van der Waals surface area (Å²) in [6, 6.07) is 19.3. The molecule has 0 radical (unpaired) electrons. The smallest absolute Gasteiger partial charge is 0.411 e. The minimum absolute atomic E-state index is 0.110. The molecule has 5 rings (SSSR count). The van der Waals surface area contributed by atoms with Gasteiger partial charge in [-0.1, -0.05) is 42.0 Å². The van der Waals surface area contributed by atoms with E-state index < -0.39 is 24.1 Å². The van der Waals surface area contributed by atoms with Crippen molar-refractivity contribution in [3.8, 4) is 0 Å². The van der Waals surface area contributed by atoms with Gasteiger partial charge in [-0.05, 0) is 73.7 Å². The Bertz CT molecular complexity index is 1300. The number of benzene rings is 3. The lowest BCUT2D eigenvalue weighted by molar-refractivity contribution is -0.137. The van der Waals surface area contributed by atoms with Crippen molar-refractivity contribution in [3.63, 3.8) is 0 Å². The molecule has 2 atom stereocenters. The van der Waals surface area contributed by atoms with Gasteiger partial charge in [0.1, 0.15) is 5.82 Å². The van der Waals surface area contributed by atoms with Crippen LogP contribution in [0, 0.1) is 12.7 Å². The standard InChI is InChI=1S/C30H30FN3O4/c1-20-5-7-21(8-6-20)19-34-26(29(36)33-17-3-2-4-18-33)27(38-30(34)37)22-11-15-25(16-12-22)32-28(35)23-9-13-24(31)14-10-23/h5-16,26-27H,2-4,17-19H2,1H3,(H,32,35). The van der Waals surface area contributed by atoms with Crippen LogP contribution < -0.4 is 5.32 Å². The van der Waals surface area contributed by atoms with Gasteiger partial charge < -0.3 is 15.0 Å². The molecule has 8 heteroatoms. The Kier molecular flexibility index (Phi) is 7.40. The number of ether oxygens (including phenoxy) is 1. The number of nitrogens with one attached hydrogen (secondary N) is 1. The van der Waals surface area contributed by atoms with Crippen LogP contribution in [0.4, 0.5) is 14.9 Å². The van der Waals surface area contributed by atoms with Crippen molar-refractivity contribution in [2.45, 2.75) is 44.9 Å². The van der Waals surface area contributed by atoms with E-state index in [0.717, 1.165) is 30.4 Å². The van der Waals surface area contributed by atoms with Gasteiger partial charge in [-0.3, -0.25) is 14.5 Å². The fourth-order valence-electron chi connectivity index (χ4n) is 4.95. The Labute approximate surface area is 221 Å². The Morgan fingerprint density at radius 1 is 0.921 bits per heavy atom. The number of hydrogen-bond acceptors (Lipinski definition) is 4. The number of nitrogens with zero attached hydrogens (tertiary/aromatic N) is 2. The summed E-state index contributed by atoms with van der Waals surface area (Å²) in [5.41, 5.74) is 3.56. The average molecular weight is 516 g/mol. The van der Waals surface area contributed by atoms with Crippen molar-refractivity contribution in [3.05, 3.63) is 101 Å². The number of amides is 3. The molecule has 0 spiro atoms. The molecular weight excluding hydrogens is 485 g/mol. The zero-order valence-electron chi connectivity index (χ0n) is 21.2. The van der Waals surface area contributed by atoms with Crippen LogP contribution in [0.3, 0.4) is 0 Å². The van der Waals surface area contributed by atoms with Crippen LogP contribution in [0.2, 0.25) is 0 Å². The molecule has 38 heavy (non-hydrogen) atoms. The van der Waals surface area contributed by atoms with Crippen LogP contribution in [0.15, 0.2) is 72.8 Å². The molecule has 2 saturated heterocycles. The minimum Gasteiger partial charge on any atom is -0.438 e. The summed E-state index contributed by atoms with van der Waals surface area (Å²) >= 11 is 0. The summed E-state index contributed by atoms with van der Waals surface area (Å²) in [4.78, 5) is 42.7.